The van der Waals surface area contributed by atoms with Crippen LogP contribution in [-0.2, 0) is 0 Å². The Bertz CT molecular complexity index is 833. The zero-order chi connectivity index (χ0) is 16.1. The molecule has 3 aromatic rings. The molecule has 1 N–H and O–H groups in total. The molecule has 0 aliphatic carbocycles. The minimum Gasteiger partial charge on any atom is -0.369 e. The van der Waals surface area contributed by atoms with E-state index in [9.17, 15) is 0 Å². The van der Waals surface area contributed by atoms with E-state index in [-0.39, 0.29) is 0 Å². The molecule has 0 atom stereocenters. The van der Waals surface area contributed by atoms with Gasteiger partial charge in [0.2, 0.25) is 0 Å². The summed E-state index contributed by atoms with van der Waals surface area (Å²) in [7, 11) is 0. The summed E-state index contributed by atoms with van der Waals surface area (Å²) in [6, 6.07) is 14.7. The molecule has 1 aromatic carbocycles. The molecule has 0 spiro atoms. The Morgan fingerprint density at radius 2 is 2.00 bits per heavy atom. The second-order valence-corrected chi connectivity index (χ2v) is 6.39. The van der Waals surface area contributed by atoms with Crippen LogP contribution in [0.15, 0.2) is 36.4 Å². The number of benzene rings is 1. The van der Waals surface area contributed by atoms with E-state index in [0.29, 0.717) is 6.42 Å². The van der Waals surface area contributed by atoms with E-state index in [2.05, 4.69) is 39.6 Å². The normalized spacial score (nSPS) is 10.6. The first-order chi connectivity index (χ1) is 11.3. The summed E-state index contributed by atoms with van der Waals surface area (Å²) in [5.74, 6) is 1.67. The quantitative estimate of drug-likeness (QED) is 0.664. The van der Waals surface area contributed by atoms with Gasteiger partial charge in [-0.25, -0.2) is 9.97 Å². The highest BCUT2D eigenvalue weighted by Gasteiger charge is 2.11. The Morgan fingerprint density at radius 1 is 1.17 bits per heavy atom. The summed E-state index contributed by atoms with van der Waals surface area (Å²) < 4.78 is 0. The van der Waals surface area contributed by atoms with Gasteiger partial charge in [-0.3, -0.25) is 0 Å². The molecule has 0 amide bonds. The van der Waals surface area contributed by atoms with Crippen LogP contribution in [0.5, 0.6) is 0 Å². The third-order valence-electron chi connectivity index (χ3n) is 3.57. The van der Waals surface area contributed by atoms with Crippen LogP contribution in [0.2, 0.25) is 0 Å². The van der Waals surface area contributed by atoms with Crippen molar-refractivity contribution in [1.29, 1.82) is 5.26 Å². The van der Waals surface area contributed by atoms with Gasteiger partial charge in [0.1, 0.15) is 16.5 Å². The van der Waals surface area contributed by atoms with Crippen molar-refractivity contribution in [2.75, 3.05) is 11.9 Å². The van der Waals surface area contributed by atoms with Crippen LogP contribution in [0.1, 0.15) is 25.1 Å². The third-order valence-corrected chi connectivity index (χ3v) is 4.65. The number of rotatable bonds is 6. The fraction of sp³-hybridized carbons (Fsp3) is 0.278. The standard InChI is InChI=1S/C18H18N4S/c1-13-21-17(20-11-7-3-6-10-19)15-12-16(23-18(15)22-13)14-8-4-2-5-9-14/h2,4-5,8-9,12H,3,6-7,11H2,1H3,(H,20,21,22). The molecule has 0 radical (unpaired) electrons. The van der Waals surface area contributed by atoms with Crippen molar-refractivity contribution in [1.82, 2.24) is 9.97 Å². The summed E-state index contributed by atoms with van der Waals surface area (Å²) in [5.41, 5.74) is 1.20. The lowest BCUT2D eigenvalue weighted by Crippen LogP contribution is -2.05. The summed E-state index contributed by atoms with van der Waals surface area (Å²) in [6.07, 6.45) is 2.49. The Hall–Kier alpha value is -2.45. The molecule has 0 saturated heterocycles. The summed E-state index contributed by atoms with van der Waals surface area (Å²) >= 11 is 1.69. The Labute approximate surface area is 139 Å². The molecule has 0 aliphatic rings. The number of fused-ring (bicyclic) bond motifs is 1. The van der Waals surface area contributed by atoms with Crippen molar-refractivity contribution in [2.45, 2.75) is 26.2 Å². The maximum Gasteiger partial charge on any atom is 0.138 e. The molecule has 0 unspecified atom stereocenters. The summed E-state index contributed by atoms with van der Waals surface area (Å²) in [5, 5.41) is 13.0. The highest BCUT2D eigenvalue weighted by molar-refractivity contribution is 7.21. The zero-order valence-corrected chi connectivity index (χ0v) is 13.9. The number of unbranched alkanes of at least 4 members (excludes halogenated alkanes) is 2. The molecule has 3 rings (SSSR count). The van der Waals surface area contributed by atoms with E-state index in [1.807, 2.05) is 25.1 Å². The number of anilines is 1. The highest BCUT2D eigenvalue weighted by atomic mass is 32.1. The van der Waals surface area contributed by atoms with E-state index in [1.165, 1.54) is 10.4 Å². The SMILES string of the molecule is Cc1nc(NCCCCC#N)c2cc(-c3ccccc3)sc2n1. The molecule has 2 heterocycles. The molecule has 4 nitrogen and oxygen atoms in total. The molecular formula is C18H18N4S. The average Bonchev–Trinajstić information content (AvgIpc) is 2.99. The van der Waals surface area contributed by atoms with E-state index in [4.69, 9.17) is 5.26 Å². The predicted molar refractivity (Wildman–Crippen MR) is 95.5 cm³/mol. The molecule has 0 bridgehead atoms. The van der Waals surface area contributed by atoms with Crippen molar-refractivity contribution in [3.05, 3.63) is 42.2 Å². The molecular weight excluding hydrogens is 304 g/mol. The molecule has 5 heteroatoms. The van der Waals surface area contributed by atoms with E-state index in [1.54, 1.807) is 11.3 Å². The van der Waals surface area contributed by atoms with Gasteiger partial charge in [0.25, 0.3) is 0 Å². The largest absolute Gasteiger partial charge is 0.369 e. The monoisotopic (exact) mass is 322 g/mol. The van der Waals surface area contributed by atoms with Crippen molar-refractivity contribution in [3.63, 3.8) is 0 Å². The Balaban J connectivity index is 1.86. The number of hydrogen-bond acceptors (Lipinski definition) is 5. The number of nitrogens with one attached hydrogen (secondary N) is 1. The number of nitriles is 1. The smallest absolute Gasteiger partial charge is 0.138 e. The van der Waals surface area contributed by atoms with Gasteiger partial charge in [-0.15, -0.1) is 11.3 Å². The van der Waals surface area contributed by atoms with Crippen molar-refractivity contribution >= 4 is 27.4 Å². The number of hydrogen-bond donors (Lipinski definition) is 1. The van der Waals surface area contributed by atoms with Gasteiger partial charge in [-0.2, -0.15) is 5.26 Å². The summed E-state index contributed by atoms with van der Waals surface area (Å²) in [4.78, 5) is 11.3. The van der Waals surface area contributed by atoms with Gasteiger partial charge in [-0.1, -0.05) is 30.3 Å². The van der Waals surface area contributed by atoms with Crippen LogP contribution >= 0.6 is 11.3 Å². The second kappa shape index (κ2) is 7.21. The zero-order valence-electron chi connectivity index (χ0n) is 13.0. The van der Waals surface area contributed by atoms with Crippen LogP contribution in [0.3, 0.4) is 0 Å². The third kappa shape index (κ3) is 3.66. The van der Waals surface area contributed by atoms with Crippen LogP contribution in [-0.4, -0.2) is 16.5 Å². The minimum absolute atomic E-state index is 0.608. The maximum absolute atomic E-state index is 8.58. The lowest BCUT2D eigenvalue weighted by molar-refractivity contribution is 0.782. The number of aryl methyl sites for hydroxylation is 1. The number of aromatic nitrogens is 2. The Kier molecular flexibility index (Phi) is 4.84. The fourth-order valence-electron chi connectivity index (χ4n) is 2.44. The van der Waals surface area contributed by atoms with Gasteiger partial charge in [0, 0.05) is 17.8 Å². The molecule has 0 saturated carbocycles. The summed E-state index contributed by atoms with van der Waals surface area (Å²) in [6.45, 7) is 2.74. The van der Waals surface area contributed by atoms with Gasteiger partial charge in [0.15, 0.2) is 0 Å². The molecule has 0 aliphatic heterocycles. The average molecular weight is 322 g/mol. The van der Waals surface area contributed by atoms with Gasteiger partial charge >= 0.3 is 0 Å². The first-order valence-electron chi connectivity index (χ1n) is 7.72. The van der Waals surface area contributed by atoms with E-state index >= 15 is 0 Å². The lowest BCUT2D eigenvalue weighted by atomic mass is 10.2. The van der Waals surface area contributed by atoms with Crippen LogP contribution in [0.25, 0.3) is 20.7 Å². The first-order valence-corrected chi connectivity index (χ1v) is 8.54. The molecule has 116 valence electrons. The second-order valence-electron chi connectivity index (χ2n) is 5.36. The minimum atomic E-state index is 0.608. The molecule has 0 fully saturated rings. The van der Waals surface area contributed by atoms with Gasteiger partial charge in [0.05, 0.1) is 11.5 Å². The van der Waals surface area contributed by atoms with Crippen molar-refractivity contribution < 1.29 is 0 Å². The van der Waals surface area contributed by atoms with E-state index in [0.717, 1.165) is 41.2 Å². The van der Waals surface area contributed by atoms with Crippen LogP contribution < -0.4 is 5.32 Å². The predicted octanol–water partition coefficient (Wildman–Crippen LogP) is 4.77. The fourth-order valence-corrected chi connectivity index (χ4v) is 3.53. The molecule has 2 aromatic heterocycles. The number of nitrogens with zero attached hydrogens (tertiary/aromatic N) is 3. The number of thiophene rings is 1. The first kappa shape index (κ1) is 15.4. The highest BCUT2D eigenvalue weighted by Crippen LogP contribution is 2.35. The maximum atomic E-state index is 8.58. The van der Waals surface area contributed by atoms with Gasteiger partial charge in [-0.05, 0) is 31.4 Å². The van der Waals surface area contributed by atoms with Crippen LogP contribution in [0, 0.1) is 18.3 Å². The van der Waals surface area contributed by atoms with Crippen molar-refractivity contribution in [2.24, 2.45) is 0 Å². The van der Waals surface area contributed by atoms with Crippen molar-refractivity contribution in [3.8, 4) is 16.5 Å². The van der Waals surface area contributed by atoms with Crippen LogP contribution in [0.4, 0.5) is 5.82 Å². The lowest BCUT2D eigenvalue weighted by Gasteiger charge is -2.06. The topological polar surface area (TPSA) is 61.6 Å². The van der Waals surface area contributed by atoms with Gasteiger partial charge < -0.3 is 5.32 Å². The van der Waals surface area contributed by atoms with E-state index < -0.39 is 0 Å². The Morgan fingerprint density at radius 3 is 2.78 bits per heavy atom. The molecule has 23 heavy (non-hydrogen) atoms.